The second kappa shape index (κ2) is 11.1. The maximum Gasteiger partial charge on any atom is 0.0917 e. The van der Waals surface area contributed by atoms with Crippen molar-refractivity contribution in [2.75, 3.05) is 13.6 Å². The van der Waals surface area contributed by atoms with E-state index in [2.05, 4.69) is 83.5 Å². The Kier molecular flexibility index (Phi) is 8.88. The highest BCUT2D eigenvalue weighted by Crippen LogP contribution is 2.33. The molecule has 0 radical (unpaired) electrons. The summed E-state index contributed by atoms with van der Waals surface area (Å²) in [7, 11) is 1.50. The third kappa shape index (κ3) is 5.36. The van der Waals surface area contributed by atoms with Gasteiger partial charge in [-0.05, 0) is 55.6 Å². The van der Waals surface area contributed by atoms with Crippen molar-refractivity contribution < 1.29 is 0 Å². The molecule has 0 saturated heterocycles. The summed E-state index contributed by atoms with van der Waals surface area (Å²) in [6, 6.07) is 19.7. The first-order valence-corrected chi connectivity index (χ1v) is 10.4. The number of nitrogens with two attached hydrogens (primary N) is 2. The summed E-state index contributed by atoms with van der Waals surface area (Å²) in [5.41, 5.74) is 14.1. The van der Waals surface area contributed by atoms with Gasteiger partial charge in [-0.15, -0.1) is 0 Å². The molecule has 0 spiro atoms. The smallest absolute Gasteiger partial charge is 0.0917 e. The Labute approximate surface area is 167 Å². The van der Waals surface area contributed by atoms with Crippen LogP contribution in [0.4, 0.5) is 0 Å². The highest BCUT2D eigenvalue weighted by atomic mass is 32.2. The Hall–Kier alpha value is -1.79. The van der Waals surface area contributed by atoms with Crippen LogP contribution in [0.15, 0.2) is 59.6 Å². The van der Waals surface area contributed by atoms with E-state index in [-0.39, 0.29) is 6.04 Å². The first-order chi connectivity index (χ1) is 13.2. The van der Waals surface area contributed by atoms with Crippen LogP contribution in [-0.2, 0) is 6.54 Å². The molecule has 1 atom stereocenters. The molecule has 0 aliphatic carbocycles. The van der Waals surface area contributed by atoms with E-state index in [1.54, 1.807) is 11.9 Å². The lowest BCUT2D eigenvalue weighted by molar-refractivity contribution is 0.615. The van der Waals surface area contributed by atoms with Gasteiger partial charge in [-0.3, -0.25) is 4.72 Å². The van der Waals surface area contributed by atoms with Gasteiger partial charge in [0.2, 0.25) is 0 Å². The lowest BCUT2D eigenvalue weighted by Crippen LogP contribution is -2.11. The highest BCUT2D eigenvalue weighted by molar-refractivity contribution is 7.97. The zero-order valence-corrected chi connectivity index (χ0v) is 17.4. The van der Waals surface area contributed by atoms with Crippen molar-refractivity contribution in [1.29, 1.82) is 0 Å². The lowest BCUT2D eigenvalue weighted by Gasteiger charge is -2.19. The van der Waals surface area contributed by atoms with Gasteiger partial charge in [0.15, 0.2) is 0 Å². The van der Waals surface area contributed by atoms with Crippen molar-refractivity contribution in [2.24, 2.45) is 11.5 Å². The molecule has 3 aromatic rings. The van der Waals surface area contributed by atoms with Gasteiger partial charge in [0, 0.05) is 24.0 Å². The minimum Gasteiger partial charge on any atom is -0.333 e. The third-order valence-corrected chi connectivity index (χ3v) is 5.46. The van der Waals surface area contributed by atoms with Crippen molar-refractivity contribution >= 4 is 22.9 Å². The lowest BCUT2D eigenvalue weighted by atomic mass is 10.1. The number of fused-ring (bicyclic) bond motifs is 1. The van der Waals surface area contributed by atoms with Gasteiger partial charge in [0.05, 0.1) is 11.1 Å². The van der Waals surface area contributed by atoms with Gasteiger partial charge < -0.3 is 16.0 Å². The molecule has 146 valence electrons. The summed E-state index contributed by atoms with van der Waals surface area (Å²) < 4.78 is 5.93. The van der Waals surface area contributed by atoms with Crippen molar-refractivity contribution in [1.82, 2.24) is 9.29 Å². The molecular weight excluding hydrogens is 352 g/mol. The summed E-state index contributed by atoms with van der Waals surface area (Å²) >= 11 is 1.73. The maximum absolute atomic E-state index is 5.87. The van der Waals surface area contributed by atoms with Crippen molar-refractivity contribution in [2.45, 2.75) is 44.3 Å². The number of aromatic nitrogens is 1. The number of hydrogen-bond acceptors (Lipinski definition) is 4. The maximum atomic E-state index is 5.87. The van der Waals surface area contributed by atoms with Gasteiger partial charge in [-0.1, -0.05) is 55.8 Å². The number of rotatable bonds is 8. The first kappa shape index (κ1) is 21.5. The topological polar surface area (TPSA) is 69.0 Å². The fourth-order valence-electron chi connectivity index (χ4n) is 3.10. The van der Waals surface area contributed by atoms with E-state index in [1.807, 2.05) is 0 Å². The summed E-state index contributed by atoms with van der Waals surface area (Å²) in [6.45, 7) is 6.07. The molecule has 0 aliphatic rings. The van der Waals surface area contributed by atoms with E-state index in [9.17, 15) is 0 Å². The number of hydrogen-bond donors (Lipinski definition) is 3. The van der Waals surface area contributed by atoms with E-state index in [1.165, 1.54) is 46.9 Å². The molecule has 0 saturated carbocycles. The normalized spacial score (nSPS) is 11.9. The quantitative estimate of drug-likeness (QED) is 0.389. The van der Waals surface area contributed by atoms with E-state index in [0.29, 0.717) is 6.54 Å². The molecule has 0 aliphatic heterocycles. The Bertz CT molecular complexity index is 814. The summed E-state index contributed by atoms with van der Waals surface area (Å²) in [5.74, 6) is 0. The Morgan fingerprint density at radius 3 is 2.48 bits per heavy atom. The molecule has 3 rings (SSSR count). The zero-order chi connectivity index (χ0) is 19.6. The van der Waals surface area contributed by atoms with E-state index >= 15 is 0 Å². The van der Waals surface area contributed by atoms with Crippen LogP contribution >= 0.6 is 11.9 Å². The van der Waals surface area contributed by atoms with Crippen LogP contribution in [0.1, 0.15) is 43.9 Å². The van der Waals surface area contributed by atoms with Gasteiger partial charge in [-0.2, -0.15) is 0 Å². The molecule has 5 heteroatoms. The molecule has 0 amide bonds. The summed E-state index contributed by atoms with van der Waals surface area (Å²) in [4.78, 5) is 0. The zero-order valence-electron chi connectivity index (χ0n) is 16.6. The molecule has 1 heterocycles. The predicted octanol–water partition coefficient (Wildman–Crippen LogP) is 4.68. The van der Waals surface area contributed by atoms with E-state index < -0.39 is 0 Å². The second-order valence-electron chi connectivity index (χ2n) is 6.39. The average molecular weight is 385 g/mol. The molecule has 4 nitrogen and oxygen atoms in total. The van der Waals surface area contributed by atoms with Crippen LogP contribution in [0.25, 0.3) is 10.9 Å². The summed E-state index contributed by atoms with van der Waals surface area (Å²) in [6.07, 6.45) is 2.40. The van der Waals surface area contributed by atoms with Gasteiger partial charge in [0.1, 0.15) is 0 Å². The van der Waals surface area contributed by atoms with Gasteiger partial charge in [-0.25, -0.2) is 0 Å². The molecule has 1 unspecified atom stereocenters. The minimum atomic E-state index is 0.266. The van der Waals surface area contributed by atoms with E-state index in [0.717, 1.165) is 6.54 Å². The van der Waals surface area contributed by atoms with Crippen LogP contribution in [-0.4, -0.2) is 18.2 Å². The third-order valence-electron chi connectivity index (χ3n) is 4.58. The fraction of sp³-hybridized carbons (Fsp3) is 0.364. The average Bonchev–Trinajstić information content (AvgIpc) is 3.10. The predicted molar refractivity (Wildman–Crippen MR) is 119 cm³/mol. The van der Waals surface area contributed by atoms with E-state index in [4.69, 9.17) is 5.73 Å². The highest BCUT2D eigenvalue weighted by Gasteiger charge is 2.16. The molecular formula is C22H32N4S. The SMILES string of the molecule is CCCCNSc1cc2ccc(CN)cc2n1C(C)c1ccccc1.CN. The minimum absolute atomic E-state index is 0.266. The fourth-order valence-corrected chi connectivity index (χ4v) is 4.04. The van der Waals surface area contributed by atoms with Crippen LogP contribution in [0.3, 0.4) is 0 Å². The standard InChI is InChI=1S/C21H27N3S.CH5N/c1-3-4-12-23-25-21-14-19-11-10-17(15-22)13-20(19)24(21)16(2)18-8-6-5-7-9-18;1-2/h5-11,13-14,16,23H,3-4,12,15,22H2,1-2H3;2H2,1H3. The number of unbranched alkanes of at least 4 members (excludes halogenated alkanes) is 1. The molecule has 5 N–H and O–H groups in total. The molecule has 1 aromatic heterocycles. The largest absolute Gasteiger partial charge is 0.333 e. The van der Waals surface area contributed by atoms with Crippen molar-refractivity contribution in [3.8, 4) is 0 Å². The summed E-state index contributed by atoms with van der Waals surface area (Å²) in [5, 5.41) is 2.51. The number of benzene rings is 2. The molecule has 27 heavy (non-hydrogen) atoms. The first-order valence-electron chi connectivity index (χ1n) is 9.61. The number of nitrogens with one attached hydrogen (secondary N) is 1. The van der Waals surface area contributed by atoms with Crippen LogP contribution in [0.2, 0.25) is 0 Å². The molecule has 0 bridgehead atoms. The Balaban J connectivity index is 0.00000126. The van der Waals surface area contributed by atoms with Gasteiger partial charge >= 0.3 is 0 Å². The van der Waals surface area contributed by atoms with Crippen LogP contribution in [0, 0.1) is 0 Å². The second-order valence-corrected chi connectivity index (χ2v) is 7.30. The van der Waals surface area contributed by atoms with Gasteiger partial charge in [0.25, 0.3) is 0 Å². The van der Waals surface area contributed by atoms with Crippen LogP contribution < -0.4 is 16.2 Å². The molecule has 2 aromatic carbocycles. The Morgan fingerprint density at radius 2 is 1.81 bits per heavy atom. The monoisotopic (exact) mass is 384 g/mol. The van der Waals surface area contributed by atoms with Crippen molar-refractivity contribution in [3.05, 3.63) is 65.7 Å². The van der Waals surface area contributed by atoms with Crippen LogP contribution in [0.5, 0.6) is 0 Å². The number of nitrogens with zero attached hydrogens (tertiary/aromatic N) is 1. The van der Waals surface area contributed by atoms with Crippen molar-refractivity contribution in [3.63, 3.8) is 0 Å². The molecule has 0 fully saturated rings. The Morgan fingerprint density at radius 1 is 1.07 bits per heavy atom.